The lowest BCUT2D eigenvalue weighted by Crippen LogP contribution is -2.14. The van der Waals surface area contributed by atoms with Crippen LogP contribution in [0.25, 0.3) is 0 Å². The topological polar surface area (TPSA) is 26.3 Å². The molecule has 1 saturated carbocycles. The first kappa shape index (κ1) is 7.14. The molecule has 2 heteroatoms. The van der Waals surface area contributed by atoms with Crippen LogP contribution in [-0.2, 0) is 9.53 Å². The molecule has 62 valence electrons. The van der Waals surface area contributed by atoms with Crippen molar-refractivity contribution in [3.8, 4) is 0 Å². The third-order valence-electron chi connectivity index (χ3n) is 3.02. The van der Waals surface area contributed by atoms with Gasteiger partial charge in [0.15, 0.2) is 0 Å². The van der Waals surface area contributed by atoms with Gasteiger partial charge in [-0.2, -0.15) is 0 Å². The summed E-state index contributed by atoms with van der Waals surface area (Å²) in [5.41, 5.74) is 0. The van der Waals surface area contributed by atoms with E-state index in [0.717, 1.165) is 12.8 Å². The van der Waals surface area contributed by atoms with Crippen molar-refractivity contribution in [3.63, 3.8) is 0 Å². The van der Waals surface area contributed by atoms with Crippen molar-refractivity contribution in [1.82, 2.24) is 0 Å². The molecule has 0 amide bonds. The Morgan fingerprint density at radius 2 is 2.36 bits per heavy atom. The van der Waals surface area contributed by atoms with Crippen LogP contribution in [0.1, 0.15) is 32.6 Å². The monoisotopic (exact) mass is 154 g/mol. The van der Waals surface area contributed by atoms with Crippen molar-refractivity contribution in [2.45, 2.75) is 38.7 Å². The third-order valence-corrected chi connectivity index (χ3v) is 3.02. The molecule has 0 N–H and O–H groups in total. The second-order valence-electron chi connectivity index (χ2n) is 3.58. The molecule has 0 radical (unpaired) electrons. The molecule has 1 aliphatic heterocycles. The van der Waals surface area contributed by atoms with E-state index in [1.54, 1.807) is 0 Å². The number of ether oxygens (including phenoxy) is 1. The molecule has 2 nitrogen and oxygen atoms in total. The fourth-order valence-corrected chi connectivity index (χ4v) is 2.44. The first-order valence-electron chi connectivity index (χ1n) is 4.53. The van der Waals surface area contributed by atoms with Crippen LogP contribution in [0, 0.1) is 11.8 Å². The number of fused-ring (bicyclic) bond motifs is 1. The van der Waals surface area contributed by atoms with Gasteiger partial charge in [-0.25, -0.2) is 0 Å². The van der Waals surface area contributed by atoms with Crippen molar-refractivity contribution < 1.29 is 9.53 Å². The summed E-state index contributed by atoms with van der Waals surface area (Å²) in [6, 6.07) is 0. The number of esters is 1. The number of hydrogen-bond donors (Lipinski definition) is 0. The fraction of sp³-hybridized carbons (Fsp3) is 0.889. The minimum absolute atomic E-state index is 0.0688. The van der Waals surface area contributed by atoms with Gasteiger partial charge in [-0.05, 0) is 19.3 Å². The summed E-state index contributed by atoms with van der Waals surface area (Å²) in [7, 11) is 0. The summed E-state index contributed by atoms with van der Waals surface area (Å²) < 4.78 is 5.24. The smallest absolute Gasteiger partial charge is 0.309 e. The zero-order valence-corrected chi connectivity index (χ0v) is 6.88. The molecule has 3 unspecified atom stereocenters. The highest BCUT2D eigenvalue weighted by atomic mass is 16.6. The van der Waals surface area contributed by atoms with Crippen molar-refractivity contribution >= 4 is 5.97 Å². The van der Waals surface area contributed by atoms with Gasteiger partial charge in [0.25, 0.3) is 0 Å². The Balaban J connectivity index is 2.13. The van der Waals surface area contributed by atoms with Gasteiger partial charge in [0.1, 0.15) is 6.10 Å². The molecule has 0 aromatic rings. The molecule has 3 atom stereocenters. The predicted octanol–water partition coefficient (Wildman–Crippen LogP) is 1.74. The van der Waals surface area contributed by atoms with Crippen LogP contribution in [0.5, 0.6) is 0 Å². The lowest BCUT2D eigenvalue weighted by molar-refractivity contribution is -0.144. The molecular formula is C9H14O2. The molecule has 0 aromatic carbocycles. The van der Waals surface area contributed by atoms with Gasteiger partial charge in [0.05, 0.1) is 5.92 Å². The van der Waals surface area contributed by atoms with Gasteiger partial charge >= 0.3 is 5.97 Å². The van der Waals surface area contributed by atoms with Gasteiger partial charge in [-0.3, -0.25) is 4.79 Å². The van der Waals surface area contributed by atoms with E-state index in [1.807, 2.05) is 0 Å². The molecule has 2 fully saturated rings. The van der Waals surface area contributed by atoms with E-state index < -0.39 is 0 Å². The van der Waals surface area contributed by atoms with E-state index in [9.17, 15) is 4.79 Å². The summed E-state index contributed by atoms with van der Waals surface area (Å²) in [6.07, 6.45) is 4.73. The average molecular weight is 154 g/mol. The van der Waals surface area contributed by atoms with Gasteiger partial charge < -0.3 is 4.74 Å². The molecule has 2 rings (SSSR count). The van der Waals surface area contributed by atoms with Crippen molar-refractivity contribution in [1.29, 1.82) is 0 Å². The van der Waals surface area contributed by atoms with E-state index in [2.05, 4.69) is 6.92 Å². The molecule has 2 aliphatic rings. The molecule has 1 heterocycles. The Morgan fingerprint density at radius 3 is 3.09 bits per heavy atom. The highest BCUT2D eigenvalue weighted by Crippen LogP contribution is 2.42. The standard InChI is InChI=1S/C9H14O2/c1-2-8-6-4-3-5-7(6)9(10)11-8/h6-8H,2-5H2,1H3. The largest absolute Gasteiger partial charge is 0.462 e. The summed E-state index contributed by atoms with van der Waals surface area (Å²) >= 11 is 0. The Bertz CT molecular complexity index is 176. The van der Waals surface area contributed by atoms with Gasteiger partial charge in [-0.1, -0.05) is 13.3 Å². The maximum Gasteiger partial charge on any atom is 0.309 e. The maximum atomic E-state index is 11.2. The Kier molecular flexibility index (Phi) is 1.63. The van der Waals surface area contributed by atoms with Crippen LogP contribution in [-0.4, -0.2) is 12.1 Å². The van der Waals surface area contributed by atoms with Gasteiger partial charge in [0, 0.05) is 5.92 Å². The lowest BCUT2D eigenvalue weighted by atomic mass is 9.93. The van der Waals surface area contributed by atoms with Crippen LogP contribution in [0.3, 0.4) is 0 Å². The Hall–Kier alpha value is -0.530. The van der Waals surface area contributed by atoms with E-state index in [1.165, 1.54) is 12.8 Å². The summed E-state index contributed by atoms with van der Waals surface area (Å²) in [5.74, 6) is 0.895. The van der Waals surface area contributed by atoms with Crippen LogP contribution in [0.15, 0.2) is 0 Å². The molecular weight excluding hydrogens is 140 g/mol. The van der Waals surface area contributed by atoms with E-state index in [-0.39, 0.29) is 18.0 Å². The molecule has 0 bridgehead atoms. The number of carbonyl (C=O) groups excluding carboxylic acids is 1. The van der Waals surface area contributed by atoms with E-state index in [4.69, 9.17) is 4.74 Å². The molecule has 1 saturated heterocycles. The fourth-order valence-electron chi connectivity index (χ4n) is 2.44. The number of cyclic esters (lactones) is 1. The Labute approximate surface area is 66.9 Å². The zero-order chi connectivity index (χ0) is 7.84. The number of rotatable bonds is 1. The van der Waals surface area contributed by atoms with Crippen LogP contribution < -0.4 is 0 Å². The second-order valence-corrected chi connectivity index (χ2v) is 3.58. The summed E-state index contributed by atoms with van der Waals surface area (Å²) in [4.78, 5) is 11.2. The zero-order valence-electron chi connectivity index (χ0n) is 6.88. The van der Waals surface area contributed by atoms with Crippen LogP contribution >= 0.6 is 0 Å². The van der Waals surface area contributed by atoms with Gasteiger partial charge in [-0.15, -0.1) is 0 Å². The van der Waals surface area contributed by atoms with Crippen LogP contribution in [0.2, 0.25) is 0 Å². The minimum atomic E-state index is 0.0688. The quantitative estimate of drug-likeness (QED) is 0.538. The van der Waals surface area contributed by atoms with Crippen LogP contribution in [0.4, 0.5) is 0 Å². The Morgan fingerprint density at radius 1 is 1.55 bits per heavy atom. The third kappa shape index (κ3) is 0.959. The van der Waals surface area contributed by atoms with Gasteiger partial charge in [0.2, 0.25) is 0 Å². The van der Waals surface area contributed by atoms with E-state index >= 15 is 0 Å². The first-order valence-corrected chi connectivity index (χ1v) is 4.53. The SMILES string of the molecule is CCC1OC(=O)C2CCCC12. The molecule has 0 aromatic heterocycles. The number of carbonyl (C=O) groups is 1. The lowest BCUT2D eigenvalue weighted by Gasteiger charge is -2.12. The second kappa shape index (κ2) is 2.50. The van der Waals surface area contributed by atoms with E-state index in [0.29, 0.717) is 5.92 Å². The van der Waals surface area contributed by atoms with Crippen molar-refractivity contribution in [2.24, 2.45) is 11.8 Å². The first-order chi connectivity index (χ1) is 5.33. The highest BCUT2D eigenvalue weighted by molar-refractivity contribution is 5.75. The average Bonchev–Trinajstić information content (AvgIpc) is 2.54. The predicted molar refractivity (Wildman–Crippen MR) is 41.0 cm³/mol. The summed E-state index contributed by atoms with van der Waals surface area (Å²) in [5, 5.41) is 0. The summed E-state index contributed by atoms with van der Waals surface area (Å²) in [6.45, 7) is 2.10. The van der Waals surface area contributed by atoms with Crippen molar-refractivity contribution in [3.05, 3.63) is 0 Å². The highest BCUT2D eigenvalue weighted by Gasteiger charge is 2.45. The molecule has 1 aliphatic carbocycles. The van der Waals surface area contributed by atoms with Crippen molar-refractivity contribution in [2.75, 3.05) is 0 Å². The molecule has 11 heavy (non-hydrogen) atoms. The maximum absolute atomic E-state index is 11.2. The normalized spacial score (nSPS) is 42.3. The molecule has 0 spiro atoms. The minimum Gasteiger partial charge on any atom is -0.462 e. The number of hydrogen-bond acceptors (Lipinski definition) is 2.